The SMILES string of the molecule is CCn1c(=O)[nH]c2cc(CN3CC4CN(c5ccc(C(=O)NC)nc5)CC4C3)ccc2c1=O. The second kappa shape index (κ2) is 8.47. The van der Waals surface area contributed by atoms with Gasteiger partial charge in [0, 0.05) is 46.3 Å². The number of likely N-dealkylation sites (tertiary alicyclic amines) is 1. The number of H-pyrrole nitrogens is 1. The highest BCUT2D eigenvalue weighted by Crippen LogP contribution is 2.34. The number of aromatic nitrogens is 3. The van der Waals surface area contributed by atoms with Crippen molar-refractivity contribution in [2.75, 3.05) is 38.1 Å². The fraction of sp³-hybridized carbons (Fsp3) is 0.417. The molecule has 4 heterocycles. The van der Waals surface area contributed by atoms with Gasteiger partial charge in [0.1, 0.15) is 5.69 Å². The summed E-state index contributed by atoms with van der Waals surface area (Å²) < 4.78 is 1.22. The first-order chi connectivity index (χ1) is 16.0. The summed E-state index contributed by atoms with van der Waals surface area (Å²) in [5, 5.41) is 3.14. The Balaban J connectivity index is 1.24. The maximum Gasteiger partial charge on any atom is 0.328 e. The van der Waals surface area contributed by atoms with Gasteiger partial charge >= 0.3 is 5.69 Å². The van der Waals surface area contributed by atoms with Gasteiger partial charge in [-0.25, -0.2) is 9.78 Å². The van der Waals surface area contributed by atoms with Gasteiger partial charge in [-0.15, -0.1) is 0 Å². The number of fused-ring (bicyclic) bond motifs is 2. The first kappa shape index (κ1) is 21.4. The second-order valence-corrected chi connectivity index (χ2v) is 8.96. The summed E-state index contributed by atoms with van der Waals surface area (Å²) >= 11 is 0. The van der Waals surface area contributed by atoms with E-state index in [2.05, 4.69) is 25.1 Å². The predicted molar refractivity (Wildman–Crippen MR) is 127 cm³/mol. The van der Waals surface area contributed by atoms with Crippen LogP contribution in [0, 0.1) is 11.8 Å². The molecular formula is C24H28N6O3. The van der Waals surface area contributed by atoms with Gasteiger partial charge in [-0.3, -0.25) is 19.1 Å². The van der Waals surface area contributed by atoms with Gasteiger partial charge in [-0.1, -0.05) is 6.07 Å². The van der Waals surface area contributed by atoms with Crippen LogP contribution in [-0.2, 0) is 13.1 Å². The number of pyridine rings is 1. The Morgan fingerprint density at radius 1 is 1.12 bits per heavy atom. The maximum absolute atomic E-state index is 12.5. The Morgan fingerprint density at radius 3 is 2.52 bits per heavy atom. The minimum absolute atomic E-state index is 0.177. The van der Waals surface area contributed by atoms with E-state index in [0.29, 0.717) is 35.0 Å². The molecule has 2 aliphatic heterocycles. The number of nitrogens with one attached hydrogen (secondary N) is 2. The van der Waals surface area contributed by atoms with Crippen LogP contribution in [0.3, 0.4) is 0 Å². The number of carbonyl (C=O) groups is 1. The fourth-order valence-electron chi connectivity index (χ4n) is 5.21. The van der Waals surface area contributed by atoms with E-state index in [1.54, 1.807) is 26.2 Å². The van der Waals surface area contributed by atoms with Crippen LogP contribution in [0.15, 0.2) is 46.1 Å². The van der Waals surface area contributed by atoms with E-state index in [9.17, 15) is 14.4 Å². The van der Waals surface area contributed by atoms with Gasteiger partial charge in [-0.05, 0) is 48.6 Å². The number of benzene rings is 1. The van der Waals surface area contributed by atoms with E-state index in [0.717, 1.165) is 44.0 Å². The smallest absolute Gasteiger partial charge is 0.328 e. The zero-order chi connectivity index (χ0) is 23.1. The Morgan fingerprint density at radius 2 is 1.88 bits per heavy atom. The van der Waals surface area contributed by atoms with E-state index < -0.39 is 0 Å². The van der Waals surface area contributed by atoms with Crippen LogP contribution in [0.2, 0.25) is 0 Å². The lowest BCUT2D eigenvalue weighted by Gasteiger charge is -2.23. The number of carbonyl (C=O) groups excluding carboxylic acids is 1. The molecule has 9 nitrogen and oxygen atoms in total. The highest BCUT2D eigenvalue weighted by atomic mass is 16.2. The van der Waals surface area contributed by atoms with Crippen molar-refractivity contribution in [3.8, 4) is 0 Å². The summed E-state index contributed by atoms with van der Waals surface area (Å²) in [4.78, 5) is 48.3. The van der Waals surface area contributed by atoms with Gasteiger partial charge in [0.15, 0.2) is 0 Å². The minimum Gasteiger partial charge on any atom is -0.370 e. The Hall–Kier alpha value is -3.46. The number of aromatic amines is 1. The minimum atomic E-state index is -0.360. The number of anilines is 1. The van der Waals surface area contributed by atoms with Crippen LogP contribution >= 0.6 is 0 Å². The number of amides is 1. The summed E-state index contributed by atoms with van der Waals surface area (Å²) in [5.41, 5.74) is 2.58. The third-order valence-electron chi connectivity index (χ3n) is 6.90. The Kier molecular flexibility index (Phi) is 5.49. The largest absolute Gasteiger partial charge is 0.370 e. The average molecular weight is 449 g/mol. The molecular weight excluding hydrogens is 420 g/mol. The van der Waals surface area contributed by atoms with Crippen molar-refractivity contribution < 1.29 is 4.79 Å². The quantitative estimate of drug-likeness (QED) is 0.605. The molecule has 0 aliphatic carbocycles. The molecule has 9 heteroatoms. The zero-order valence-corrected chi connectivity index (χ0v) is 18.9. The lowest BCUT2D eigenvalue weighted by molar-refractivity contribution is 0.0958. The molecule has 2 fully saturated rings. The standard InChI is InChI=1S/C24H28N6O3/c1-3-30-23(32)19-6-4-15(8-21(19)27-24(30)33)10-28-11-16-13-29(14-17(16)12-28)18-5-7-20(26-9-18)22(31)25-2/h4-9,16-17H,3,10-14H2,1-2H3,(H,25,31)(H,27,33). The highest BCUT2D eigenvalue weighted by Gasteiger charge is 2.40. The van der Waals surface area contributed by atoms with Crippen molar-refractivity contribution in [3.05, 3.63) is 68.6 Å². The molecule has 2 unspecified atom stereocenters. The van der Waals surface area contributed by atoms with Crippen LogP contribution in [0.5, 0.6) is 0 Å². The normalized spacial score (nSPS) is 20.4. The summed E-state index contributed by atoms with van der Waals surface area (Å²) in [6.07, 6.45) is 1.78. The van der Waals surface area contributed by atoms with Crippen LogP contribution < -0.4 is 21.5 Å². The van der Waals surface area contributed by atoms with E-state index in [1.165, 1.54) is 4.57 Å². The van der Waals surface area contributed by atoms with E-state index in [1.807, 2.05) is 24.3 Å². The lowest BCUT2D eigenvalue weighted by atomic mass is 10.0. The lowest BCUT2D eigenvalue weighted by Crippen LogP contribution is -2.34. The van der Waals surface area contributed by atoms with Crippen LogP contribution in [0.4, 0.5) is 5.69 Å². The van der Waals surface area contributed by atoms with E-state index in [-0.39, 0.29) is 17.2 Å². The van der Waals surface area contributed by atoms with Gasteiger partial charge in [0.2, 0.25) is 0 Å². The Bertz CT molecular complexity index is 1300. The van der Waals surface area contributed by atoms with Crippen molar-refractivity contribution in [1.29, 1.82) is 0 Å². The Labute approximate surface area is 191 Å². The van der Waals surface area contributed by atoms with Gasteiger partial charge in [-0.2, -0.15) is 0 Å². The molecule has 3 aromatic rings. The van der Waals surface area contributed by atoms with Crippen molar-refractivity contribution >= 4 is 22.5 Å². The van der Waals surface area contributed by atoms with Crippen LogP contribution in [0.1, 0.15) is 23.0 Å². The molecule has 1 amide bonds. The molecule has 172 valence electrons. The summed E-state index contributed by atoms with van der Waals surface area (Å²) in [5.74, 6) is 0.991. The van der Waals surface area contributed by atoms with Crippen molar-refractivity contribution in [2.24, 2.45) is 11.8 Å². The van der Waals surface area contributed by atoms with Crippen molar-refractivity contribution in [1.82, 2.24) is 24.8 Å². The van der Waals surface area contributed by atoms with Gasteiger partial charge in [0.25, 0.3) is 11.5 Å². The number of hydrogen-bond acceptors (Lipinski definition) is 6. The molecule has 2 saturated heterocycles. The monoisotopic (exact) mass is 448 g/mol. The molecule has 5 rings (SSSR count). The van der Waals surface area contributed by atoms with Crippen molar-refractivity contribution in [3.63, 3.8) is 0 Å². The predicted octanol–water partition coefficient (Wildman–Crippen LogP) is 1.03. The van der Waals surface area contributed by atoms with E-state index in [4.69, 9.17) is 0 Å². The van der Waals surface area contributed by atoms with Crippen LogP contribution in [-0.4, -0.2) is 58.6 Å². The number of hydrogen-bond donors (Lipinski definition) is 2. The molecule has 0 bridgehead atoms. The van der Waals surface area contributed by atoms with E-state index >= 15 is 0 Å². The van der Waals surface area contributed by atoms with Crippen molar-refractivity contribution in [2.45, 2.75) is 20.0 Å². The molecule has 0 spiro atoms. The molecule has 2 atom stereocenters. The maximum atomic E-state index is 12.5. The highest BCUT2D eigenvalue weighted by molar-refractivity contribution is 5.92. The first-order valence-corrected chi connectivity index (χ1v) is 11.4. The summed E-state index contributed by atoms with van der Waals surface area (Å²) in [6, 6.07) is 9.48. The second-order valence-electron chi connectivity index (χ2n) is 8.96. The summed E-state index contributed by atoms with van der Waals surface area (Å²) in [6.45, 7) is 6.91. The zero-order valence-electron chi connectivity index (χ0n) is 18.9. The molecule has 33 heavy (non-hydrogen) atoms. The topological polar surface area (TPSA) is 103 Å². The third kappa shape index (κ3) is 3.93. The van der Waals surface area contributed by atoms with Gasteiger partial charge < -0.3 is 15.2 Å². The molecule has 0 saturated carbocycles. The third-order valence-corrected chi connectivity index (χ3v) is 6.90. The molecule has 2 aliphatic rings. The summed E-state index contributed by atoms with van der Waals surface area (Å²) in [7, 11) is 1.60. The molecule has 2 N–H and O–H groups in total. The average Bonchev–Trinajstić information content (AvgIpc) is 3.37. The first-order valence-electron chi connectivity index (χ1n) is 11.4. The number of rotatable bonds is 5. The number of nitrogens with zero attached hydrogens (tertiary/aromatic N) is 4. The molecule has 0 radical (unpaired) electrons. The van der Waals surface area contributed by atoms with Crippen LogP contribution in [0.25, 0.3) is 10.9 Å². The van der Waals surface area contributed by atoms with Gasteiger partial charge in [0.05, 0.1) is 22.8 Å². The molecule has 2 aromatic heterocycles. The fourth-order valence-corrected chi connectivity index (χ4v) is 5.21. The molecule has 1 aromatic carbocycles.